The lowest BCUT2D eigenvalue weighted by Gasteiger charge is -2.16. The number of aliphatic hydroxyl groups excluding tert-OH is 3. The van der Waals surface area contributed by atoms with Gasteiger partial charge in [-0.3, -0.25) is 4.79 Å². The Morgan fingerprint density at radius 3 is 2.89 bits per heavy atom. The van der Waals surface area contributed by atoms with Crippen LogP contribution in [-0.4, -0.2) is 54.8 Å². The Bertz CT molecular complexity index is 651. The van der Waals surface area contributed by atoms with Gasteiger partial charge in [0, 0.05) is 6.20 Å². The van der Waals surface area contributed by atoms with Crippen molar-refractivity contribution in [1.29, 1.82) is 0 Å². The van der Waals surface area contributed by atoms with Gasteiger partial charge in [0.15, 0.2) is 11.7 Å². The second kappa shape index (κ2) is 4.42. The van der Waals surface area contributed by atoms with Gasteiger partial charge in [0.1, 0.15) is 18.3 Å². The molecule has 2 aromatic rings. The van der Waals surface area contributed by atoms with E-state index in [2.05, 4.69) is 9.97 Å². The third-order valence-corrected chi connectivity index (χ3v) is 3.29. The molecule has 2 aromatic heterocycles. The molecule has 0 spiro atoms. The average Bonchev–Trinajstić information content (AvgIpc) is 2.94. The number of fused-ring (bicyclic) bond motifs is 1. The summed E-state index contributed by atoms with van der Waals surface area (Å²) in [6.07, 6.45) is -1.31. The van der Waals surface area contributed by atoms with Crippen molar-refractivity contribution in [3.63, 3.8) is 0 Å². The highest BCUT2D eigenvalue weighted by molar-refractivity contribution is 5.73. The molecule has 3 rings (SSSR count). The maximum absolute atomic E-state index is 11.5. The molecule has 1 aliphatic rings. The zero-order valence-corrected chi connectivity index (χ0v) is 9.80. The molecule has 0 saturated carbocycles. The van der Waals surface area contributed by atoms with Crippen LogP contribution < -0.4 is 5.56 Å². The number of ether oxygens (including phenoxy) is 1. The molecule has 8 heteroatoms. The Morgan fingerprint density at radius 1 is 1.42 bits per heavy atom. The van der Waals surface area contributed by atoms with E-state index in [1.54, 1.807) is 6.07 Å². The molecule has 1 aliphatic heterocycles. The van der Waals surface area contributed by atoms with Crippen molar-refractivity contribution in [2.45, 2.75) is 24.5 Å². The Labute approximate surface area is 106 Å². The number of nitrogens with zero attached hydrogens (tertiary/aromatic N) is 2. The molecular weight excluding hydrogens is 254 g/mol. The van der Waals surface area contributed by atoms with Gasteiger partial charge < -0.3 is 29.6 Å². The predicted octanol–water partition coefficient (Wildman–Crippen LogP) is -1.66. The summed E-state index contributed by atoms with van der Waals surface area (Å²) >= 11 is 0. The van der Waals surface area contributed by atoms with Gasteiger partial charge in [0.05, 0.1) is 18.5 Å². The van der Waals surface area contributed by atoms with Gasteiger partial charge in [-0.15, -0.1) is 0 Å². The molecule has 102 valence electrons. The highest BCUT2D eigenvalue weighted by Crippen LogP contribution is 2.30. The van der Waals surface area contributed by atoms with Crippen LogP contribution >= 0.6 is 0 Å². The van der Waals surface area contributed by atoms with Crippen LogP contribution in [0.3, 0.4) is 0 Å². The third-order valence-electron chi connectivity index (χ3n) is 3.29. The van der Waals surface area contributed by atoms with E-state index >= 15 is 0 Å². The molecule has 1 saturated heterocycles. The van der Waals surface area contributed by atoms with Crippen molar-refractivity contribution in [3.8, 4) is 0 Å². The fraction of sp³-hybridized carbons (Fsp3) is 0.455. The second-order valence-electron chi connectivity index (χ2n) is 4.42. The Balaban J connectivity index is 2.06. The first kappa shape index (κ1) is 12.3. The Hall–Kier alpha value is -1.74. The lowest BCUT2D eigenvalue weighted by Crippen LogP contribution is -2.33. The second-order valence-corrected chi connectivity index (χ2v) is 4.42. The molecule has 0 unspecified atom stereocenters. The lowest BCUT2D eigenvalue weighted by atomic mass is 10.1. The number of hydrogen-bond acceptors (Lipinski definition) is 6. The molecule has 0 bridgehead atoms. The SMILES string of the molecule is O=c1[nH]ccc2c1ncn2[C@@H]1O[C@H](CO)[C@@H](O)[C@@H]1O. The number of aromatic nitrogens is 3. The molecule has 19 heavy (non-hydrogen) atoms. The van der Waals surface area contributed by atoms with E-state index in [-0.39, 0.29) is 11.1 Å². The molecule has 8 nitrogen and oxygen atoms in total. The molecular formula is C11H13N3O5. The highest BCUT2D eigenvalue weighted by Gasteiger charge is 2.43. The van der Waals surface area contributed by atoms with Crippen molar-refractivity contribution in [2.24, 2.45) is 0 Å². The maximum atomic E-state index is 11.5. The van der Waals surface area contributed by atoms with Gasteiger partial charge in [-0.2, -0.15) is 0 Å². The van der Waals surface area contributed by atoms with Crippen LogP contribution in [0.4, 0.5) is 0 Å². The van der Waals surface area contributed by atoms with Crippen LogP contribution in [0.1, 0.15) is 6.23 Å². The first-order chi connectivity index (χ1) is 9.13. The van der Waals surface area contributed by atoms with E-state index in [0.717, 1.165) is 0 Å². The van der Waals surface area contributed by atoms with Crippen molar-refractivity contribution < 1.29 is 20.1 Å². The maximum Gasteiger partial charge on any atom is 0.276 e. The van der Waals surface area contributed by atoms with Gasteiger partial charge in [0.2, 0.25) is 0 Å². The molecule has 0 radical (unpaired) electrons. The topological polar surface area (TPSA) is 121 Å². The summed E-state index contributed by atoms with van der Waals surface area (Å²) in [6.45, 7) is -0.401. The van der Waals surface area contributed by atoms with Crippen LogP contribution in [0.25, 0.3) is 11.0 Å². The van der Waals surface area contributed by atoms with E-state index in [0.29, 0.717) is 5.52 Å². The monoisotopic (exact) mass is 267 g/mol. The van der Waals surface area contributed by atoms with Gasteiger partial charge >= 0.3 is 0 Å². The van der Waals surface area contributed by atoms with E-state index in [1.165, 1.54) is 17.1 Å². The van der Waals surface area contributed by atoms with E-state index in [4.69, 9.17) is 9.84 Å². The van der Waals surface area contributed by atoms with Crippen LogP contribution in [0, 0.1) is 0 Å². The Morgan fingerprint density at radius 2 is 2.21 bits per heavy atom. The van der Waals surface area contributed by atoms with Crippen LogP contribution in [0.5, 0.6) is 0 Å². The number of pyridine rings is 1. The summed E-state index contributed by atoms with van der Waals surface area (Å²) in [6, 6.07) is 1.62. The van der Waals surface area contributed by atoms with E-state index in [1.807, 2.05) is 0 Å². The summed E-state index contributed by atoms with van der Waals surface area (Å²) in [5.41, 5.74) is 0.363. The molecule has 0 amide bonds. The van der Waals surface area contributed by atoms with Crippen molar-refractivity contribution >= 4 is 11.0 Å². The molecule has 4 atom stereocenters. The molecule has 1 fully saturated rings. The summed E-state index contributed by atoms with van der Waals surface area (Å²) < 4.78 is 6.85. The summed E-state index contributed by atoms with van der Waals surface area (Å²) in [7, 11) is 0. The fourth-order valence-corrected chi connectivity index (χ4v) is 2.29. The van der Waals surface area contributed by atoms with Gasteiger partial charge in [-0.25, -0.2) is 4.98 Å². The zero-order chi connectivity index (χ0) is 13.6. The predicted molar refractivity (Wildman–Crippen MR) is 63.4 cm³/mol. The van der Waals surface area contributed by atoms with E-state index < -0.39 is 31.1 Å². The van der Waals surface area contributed by atoms with Gasteiger partial charge in [0.25, 0.3) is 5.56 Å². The number of rotatable bonds is 2. The fourth-order valence-electron chi connectivity index (χ4n) is 2.29. The number of hydrogen-bond donors (Lipinski definition) is 4. The highest BCUT2D eigenvalue weighted by atomic mass is 16.6. The summed E-state index contributed by atoms with van der Waals surface area (Å²) in [5.74, 6) is 0. The third kappa shape index (κ3) is 1.77. The number of aromatic amines is 1. The lowest BCUT2D eigenvalue weighted by molar-refractivity contribution is -0.0508. The van der Waals surface area contributed by atoms with Crippen LogP contribution in [-0.2, 0) is 4.74 Å². The molecule has 4 N–H and O–H groups in total. The van der Waals surface area contributed by atoms with Crippen molar-refractivity contribution in [3.05, 3.63) is 28.9 Å². The molecule has 3 heterocycles. The minimum atomic E-state index is -1.20. The largest absolute Gasteiger partial charge is 0.394 e. The smallest absolute Gasteiger partial charge is 0.276 e. The zero-order valence-electron chi connectivity index (χ0n) is 9.80. The summed E-state index contributed by atoms with van der Waals surface area (Å²) in [5, 5.41) is 28.7. The van der Waals surface area contributed by atoms with Crippen LogP contribution in [0.2, 0.25) is 0 Å². The Kier molecular flexibility index (Phi) is 2.86. The average molecular weight is 267 g/mol. The minimum Gasteiger partial charge on any atom is -0.394 e. The first-order valence-electron chi connectivity index (χ1n) is 5.80. The van der Waals surface area contributed by atoms with Crippen LogP contribution in [0.15, 0.2) is 23.4 Å². The van der Waals surface area contributed by atoms with Gasteiger partial charge in [-0.05, 0) is 6.07 Å². The first-order valence-corrected chi connectivity index (χ1v) is 5.80. The number of imidazole rings is 1. The molecule has 0 aliphatic carbocycles. The van der Waals surface area contributed by atoms with Crippen molar-refractivity contribution in [1.82, 2.24) is 14.5 Å². The number of H-pyrrole nitrogens is 1. The number of aliphatic hydroxyl groups is 3. The quantitative estimate of drug-likeness (QED) is 0.516. The number of nitrogens with one attached hydrogen (secondary N) is 1. The van der Waals surface area contributed by atoms with E-state index in [9.17, 15) is 15.0 Å². The van der Waals surface area contributed by atoms with Crippen molar-refractivity contribution in [2.75, 3.05) is 6.61 Å². The molecule has 0 aromatic carbocycles. The van der Waals surface area contributed by atoms with Gasteiger partial charge in [-0.1, -0.05) is 0 Å². The normalized spacial score (nSPS) is 31.1. The summed E-state index contributed by atoms with van der Waals surface area (Å²) in [4.78, 5) is 18.0. The standard InChI is InChI=1S/C11H13N3O5/c15-3-6-8(16)9(17)11(19-6)14-4-13-7-5(14)1-2-12-10(7)18/h1-2,4,6,8-9,11,15-17H,3H2,(H,12,18)/t6-,8-,9+,11-/m1/s1. The minimum absolute atomic E-state index is 0.222.